The first-order valence-corrected chi connectivity index (χ1v) is 9.02. The fourth-order valence-corrected chi connectivity index (χ4v) is 4.38. The first-order chi connectivity index (χ1) is 11.6. The third-order valence-corrected chi connectivity index (χ3v) is 5.98. The highest BCUT2D eigenvalue weighted by molar-refractivity contribution is 7.18. The van der Waals surface area contributed by atoms with E-state index in [9.17, 15) is 4.79 Å². The Hall–Kier alpha value is -1.86. The SMILES string of the molecule is COc1cc2nc(C)sc2cc1NC(=O)NC1CC12CCOCC2. The van der Waals surface area contributed by atoms with Gasteiger partial charge in [-0.15, -0.1) is 11.3 Å². The number of nitrogens with one attached hydrogen (secondary N) is 2. The summed E-state index contributed by atoms with van der Waals surface area (Å²) >= 11 is 1.60. The molecule has 1 aliphatic heterocycles. The van der Waals surface area contributed by atoms with Crippen molar-refractivity contribution in [1.82, 2.24) is 10.3 Å². The maximum Gasteiger partial charge on any atom is 0.319 e. The second kappa shape index (κ2) is 5.89. The minimum atomic E-state index is -0.178. The van der Waals surface area contributed by atoms with Crippen LogP contribution in [0.4, 0.5) is 10.5 Å². The molecule has 1 spiro atoms. The largest absolute Gasteiger partial charge is 0.494 e. The summed E-state index contributed by atoms with van der Waals surface area (Å²) in [6.07, 6.45) is 3.12. The van der Waals surface area contributed by atoms with Crippen LogP contribution in [0.15, 0.2) is 12.1 Å². The van der Waals surface area contributed by atoms with Gasteiger partial charge < -0.3 is 20.1 Å². The van der Waals surface area contributed by atoms with E-state index in [2.05, 4.69) is 15.6 Å². The number of methoxy groups -OCH3 is 1. The number of hydrogen-bond acceptors (Lipinski definition) is 5. The molecule has 128 valence electrons. The van der Waals surface area contributed by atoms with Crippen LogP contribution in [-0.2, 0) is 4.74 Å². The van der Waals surface area contributed by atoms with E-state index in [0.717, 1.165) is 47.7 Å². The zero-order valence-electron chi connectivity index (χ0n) is 13.8. The van der Waals surface area contributed by atoms with E-state index in [-0.39, 0.29) is 17.5 Å². The van der Waals surface area contributed by atoms with Crippen LogP contribution in [0.5, 0.6) is 5.75 Å². The number of rotatable bonds is 3. The molecule has 2 heterocycles. The fraction of sp³-hybridized carbons (Fsp3) is 0.529. The van der Waals surface area contributed by atoms with Crippen LogP contribution in [0.1, 0.15) is 24.3 Å². The molecule has 2 fully saturated rings. The molecule has 0 bridgehead atoms. The lowest BCUT2D eigenvalue weighted by molar-refractivity contribution is 0.0548. The predicted octanol–water partition coefficient (Wildman–Crippen LogP) is 3.30. The van der Waals surface area contributed by atoms with E-state index in [4.69, 9.17) is 9.47 Å². The molecule has 1 saturated carbocycles. The number of nitrogens with zero attached hydrogens (tertiary/aromatic N) is 1. The van der Waals surface area contributed by atoms with Gasteiger partial charge in [-0.2, -0.15) is 0 Å². The number of thiazole rings is 1. The van der Waals surface area contributed by atoms with Gasteiger partial charge in [0.15, 0.2) is 0 Å². The summed E-state index contributed by atoms with van der Waals surface area (Å²) in [6.45, 7) is 3.57. The van der Waals surface area contributed by atoms with Crippen LogP contribution in [0.2, 0.25) is 0 Å². The van der Waals surface area contributed by atoms with E-state index < -0.39 is 0 Å². The van der Waals surface area contributed by atoms with Gasteiger partial charge in [-0.3, -0.25) is 0 Å². The number of aromatic nitrogens is 1. The Morgan fingerprint density at radius 3 is 2.96 bits per heavy atom. The Balaban J connectivity index is 1.46. The summed E-state index contributed by atoms with van der Waals surface area (Å²) in [5.74, 6) is 0.625. The van der Waals surface area contributed by atoms with Crippen molar-refractivity contribution in [1.29, 1.82) is 0 Å². The molecule has 2 amide bonds. The van der Waals surface area contributed by atoms with Crippen molar-refractivity contribution >= 4 is 33.3 Å². The molecular formula is C17H21N3O3S. The zero-order valence-corrected chi connectivity index (χ0v) is 14.7. The number of amides is 2. The molecule has 0 radical (unpaired) electrons. The first-order valence-electron chi connectivity index (χ1n) is 8.20. The van der Waals surface area contributed by atoms with E-state index in [1.807, 2.05) is 19.1 Å². The molecule has 1 aliphatic carbocycles. The number of aryl methyl sites for hydroxylation is 1. The summed E-state index contributed by atoms with van der Waals surface area (Å²) in [5.41, 5.74) is 1.83. The minimum absolute atomic E-state index is 0.178. The molecule has 2 aliphatic rings. The summed E-state index contributed by atoms with van der Waals surface area (Å²) in [6, 6.07) is 3.87. The van der Waals surface area contributed by atoms with E-state index >= 15 is 0 Å². The molecule has 4 rings (SSSR count). The molecule has 6 nitrogen and oxygen atoms in total. The van der Waals surface area contributed by atoms with Gasteiger partial charge in [0.1, 0.15) is 5.75 Å². The Kier molecular flexibility index (Phi) is 3.85. The number of carbonyl (C=O) groups is 1. The maximum atomic E-state index is 12.4. The molecule has 2 N–H and O–H groups in total. The molecular weight excluding hydrogens is 326 g/mol. The summed E-state index contributed by atoms with van der Waals surface area (Å²) in [4.78, 5) is 16.8. The van der Waals surface area contributed by atoms with Crippen LogP contribution in [0.3, 0.4) is 0 Å². The van der Waals surface area contributed by atoms with Crippen LogP contribution < -0.4 is 15.4 Å². The summed E-state index contributed by atoms with van der Waals surface area (Å²) < 4.78 is 11.9. The normalized spacial score (nSPS) is 21.7. The Labute approximate surface area is 144 Å². The second-order valence-corrected chi connectivity index (χ2v) is 7.82. The third-order valence-electron chi connectivity index (χ3n) is 5.05. The molecule has 24 heavy (non-hydrogen) atoms. The molecule has 1 aromatic carbocycles. The number of anilines is 1. The highest BCUT2D eigenvalue weighted by Gasteiger charge is 2.55. The van der Waals surface area contributed by atoms with Crippen LogP contribution in [0, 0.1) is 12.3 Å². The van der Waals surface area contributed by atoms with Gasteiger partial charge in [0.2, 0.25) is 0 Å². The standard InChI is InChI=1S/C17H21N3O3S/c1-10-18-12-7-13(22-2)11(8-14(12)24-10)19-16(21)20-15-9-17(15)3-5-23-6-4-17/h7-8,15H,3-6,9H2,1-2H3,(H2,19,20,21). The molecule has 1 atom stereocenters. The molecule has 1 saturated heterocycles. The van der Waals surface area contributed by atoms with Gasteiger partial charge in [0.25, 0.3) is 0 Å². The van der Waals surface area contributed by atoms with Gasteiger partial charge in [-0.05, 0) is 37.7 Å². The number of benzene rings is 1. The van der Waals surface area contributed by atoms with Gasteiger partial charge in [0, 0.05) is 25.3 Å². The van der Waals surface area contributed by atoms with Crippen molar-refractivity contribution in [3.8, 4) is 5.75 Å². The third kappa shape index (κ3) is 2.82. The van der Waals surface area contributed by atoms with Crippen molar-refractivity contribution in [2.75, 3.05) is 25.6 Å². The Morgan fingerprint density at radius 2 is 2.21 bits per heavy atom. The number of hydrogen-bond donors (Lipinski definition) is 2. The average molecular weight is 347 g/mol. The zero-order chi connectivity index (χ0) is 16.7. The van der Waals surface area contributed by atoms with Crippen molar-refractivity contribution in [2.24, 2.45) is 5.41 Å². The average Bonchev–Trinajstić information content (AvgIpc) is 3.05. The van der Waals surface area contributed by atoms with Crippen molar-refractivity contribution in [3.63, 3.8) is 0 Å². The Bertz CT molecular complexity index is 783. The lowest BCUT2D eigenvalue weighted by Gasteiger charge is -2.23. The molecule has 2 aromatic rings. The van der Waals surface area contributed by atoms with Gasteiger partial charge in [-0.25, -0.2) is 9.78 Å². The van der Waals surface area contributed by atoms with E-state index in [1.54, 1.807) is 18.4 Å². The fourth-order valence-electron chi connectivity index (χ4n) is 3.54. The van der Waals surface area contributed by atoms with E-state index in [0.29, 0.717) is 11.4 Å². The summed E-state index contributed by atoms with van der Waals surface area (Å²) in [7, 11) is 1.60. The quantitative estimate of drug-likeness (QED) is 0.893. The van der Waals surface area contributed by atoms with Gasteiger partial charge >= 0.3 is 6.03 Å². The number of carbonyl (C=O) groups excluding carboxylic acids is 1. The topological polar surface area (TPSA) is 72.5 Å². The highest BCUT2D eigenvalue weighted by Crippen LogP contribution is 2.53. The number of fused-ring (bicyclic) bond motifs is 1. The predicted molar refractivity (Wildman–Crippen MR) is 94.0 cm³/mol. The van der Waals surface area contributed by atoms with Crippen LogP contribution in [-0.4, -0.2) is 37.4 Å². The molecule has 1 unspecified atom stereocenters. The van der Waals surface area contributed by atoms with Crippen LogP contribution in [0.25, 0.3) is 10.2 Å². The number of ether oxygens (including phenoxy) is 2. The highest BCUT2D eigenvalue weighted by atomic mass is 32.1. The van der Waals surface area contributed by atoms with Gasteiger partial charge in [0.05, 0.1) is 28.0 Å². The minimum Gasteiger partial charge on any atom is -0.494 e. The monoisotopic (exact) mass is 347 g/mol. The van der Waals surface area contributed by atoms with Crippen LogP contribution >= 0.6 is 11.3 Å². The van der Waals surface area contributed by atoms with Gasteiger partial charge in [-0.1, -0.05) is 0 Å². The molecule has 7 heteroatoms. The van der Waals surface area contributed by atoms with Crippen molar-refractivity contribution < 1.29 is 14.3 Å². The lowest BCUT2D eigenvalue weighted by atomic mass is 9.96. The van der Waals surface area contributed by atoms with Crippen molar-refractivity contribution in [3.05, 3.63) is 17.1 Å². The first kappa shape index (κ1) is 15.7. The number of urea groups is 1. The smallest absolute Gasteiger partial charge is 0.319 e. The van der Waals surface area contributed by atoms with E-state index in [1.165, 1.54) is 0 Å². The maximum absolute atomic E-state index is 12.4. The van der Waals surface area contributed by atoms with Crippen molar-refractivity contribution in [2.45, 2.75) is 32.2 Å². The summed E-state index contributed by atoms with van der Waals surface area (Å²) in [5, 5.41) is 7.02. The lowest BCUT2D eigenvalue weighted by Crippen LogP contribution is -2.35. The Morgan fingerprint density at radius 1 is 1.42 bits per heavy atom. The second-order valence-electron chi connectivity index (χ2n) is 6.58. The molecule has 1 aromatic heterocycles.